The first-order chi connectivity index (χ1) is 10.7. The smallest absolute Gasteiger partial charge is 0.203 e. The van der Waals surface area contributed by atoms with Gasteiger partial charge in [0, 0.05) is 6.04 Å². The molecule has 0 bridgehead atoms. The number of fused-ring (bicyclic) bond motifs is 1. The number of aromatic nitrogens is 2. The predicted octanol–water partition coefficient (Wildman–Crippen LogP) is 3.58. The van der Waals surface area contributed by atoms with Crippen LogP contribution in [0.5, 0.6) is 5.75 Å². The van der Waals surface area contributed by atoms with Crippen molar-refractivity contribution < 1.29 is 4.74 Å². The second-order valence-electron chi connectivity index (χ2n) is 5.59. The molecule has 1 heterocycles. The molecule has 0 fully saturated rings. The molecule has 0 spiro atoms. The summed E-state index contributed by atoms with van der Waals surface area (Å²) in [6, 6.07) is 18.2. The van der Waals surface area contributed by atoms with Crippen molar-refractivity contribution in [3.8, 4) is 5.75 Å². The van der Waals surface area contributed by atoms with E-state index in [0.29, 0.717) is 18.8 Å². The third kappa shape index (κ3) is 2.64. The fourth-order valence-corrected chi connectivity index (χ4v) is 2.77. The van der Waals surface area contributed by atoms with E-state index in [9.17, 15) is 0 Å². The Morgan fingerprint density at radius 1 is 0.955 bits per heavy atom. The minimum Gasteiger partial charge on any atom is -0.492 e. The van der Waals surface area contributed by atoms with Crippen molar-refractivity contribution >= 4 is 11.0 Å². The first-order valence-corrected chi connectivity index (χ1v) is 7.60. The summed E-state index contributed by atoms with van der Waals surface area (Å²) in [6.45, 7) is 5.42. The van der Waals surface area contributed by atoms with E-state index in [-0.39, 0.29) is 6.04 Å². The number of hydrogen-bond acceptors (Lipinski definition) is 2. The highest BCUT2D eigenvalue weighted by Gasteiger charge is 2.12. The Morgan fingerprint density at radius 3 is 2.27 bits per heavy atom. The van der Waals surface area contributed by atoms with Gasteiger partial charge < -0.3 is 13.9 Å². The highest BCUT2D eigenvalue weighted by Crippen LogP contribution is 2.17. The number of imidazole rings is 1. The van der Waals surface area contributed by atoms with Gasteiger partial charge in [-0.25, -0.2) is 0 Å². The summed E-state index contributed by atoms with van der Waals surface area (Å²) >= 11 is 0. The topological polar surface area (TPSA) is 42.9 Å². The van der Waals surface area contributed by atoms with E-state index in [0.717, 1.165) is 16.8 Å². The maximum absolute atomic E-state index is 8.46. The van der Waals surface area contributed by atoms with Gasteiger partial charge in [-0.15, -0.1) is 0 Å². The number of benzene rings is 2. The summed E-state index contributed by atoms with van der Waals surface area (Å²) in [7, 11) is 0. The molecule has 0 atom stereocenters. The summed E-state index contributed by atoms with van der Waals surface area (Å²) in [5, 5.41) is 8.46. The average molecular weight is 295 g/mol. The molecule has 3 rings (SSSR count). The largest absolute Gasteiger partial charge is 0.492 e. The van der Waals surface area contributed by atoms with Gasteiger partial charge in [0.1, 0.15) is 12.4 Å². The minimum atomic E-state index is 0.258. The summed E-state index contributed by atoms with van der Waals surface area (Å²) in [4.78, 5) is 0. The molecule has 4 heteroatoms. The number of nitrogens with one attached hydrogen (secondary N) is 1. The van der Waals surface area contributed by atoms with Gasteiger partial charge in [0.15, 0.2) is 0 Å². The normalized spacial score (nSPS) is 11.2. The molecule has 2 aromatic carbocycles. The van der Waals surface area contributed by atoms with Crippen LogP contribution in [-0.4, -0.2) is 15.7 Å². The highest BCUT2D eigenvalue weighted by molar-refractivity contribution is 5.76. The molecule has 4 nitrogen and oxygen atoms in total. The van der Waals surface area contributed by atoms with E-state index < -0.39 is 0 Å². The van der Waals surface area contributed by atoms with Crippen molar-refractivity contribution in [3.05, 3.63) is 60.2 Å². The van der Waals surface area contributed by atoms with Gasteiger partial charge in [-0.1, -0.05) is 30.3 Å². The Morgan fingerprint density at radius 2 is 1.59 bits per heavy atom. The Kier molecular flexibility index (Phi) is 4.00. The van der Waals surface area contributed by atoms with Crippen LogP contribution < -0.4 is 10.4 Å². The molecular formula is C18H21N3O. The second kappa shape index (κ2) is 6.10. The zero-order chi connectivity index (χ0) is 15.5. The van der Waals surface area contributed by atoms with Crippen LogP contribution >= 0.6 is 0 Å². The van der Waals surface area contributed by atoms with Gasteiger partial charge in [-0.3, -0.25) is 5.41 Å². The molecule has 22 heavy (non-hydrogen) atoms. The fourth-order valence-electron chi connectivity index (χ4n) is 2.77. The number of rotatable bonds is 5. The summed E-state index contributed by atoms with van der Waals surface area (Å²) in [6.07, 6.45) is 0. The van der Waals surface area contributed by atoms with Gasteiger partial charge in [0.2, 0.25) is 5.62 Å². The van der Waals surface area contributed by atoms with Crippen LogP contribution in [0.25, 0.3) is 11.0 Å². The fraction of sp³-hybridized carbons (Fsp3) is 0.278. The van der Waals surface area contributed by atoms with Gasteiger partial charge in [-0.2, -0.15) is 0 Å². The van der Waals surface area contributed by atoms with E-state index in [1.165, 1.54) is 0 Å². The van der Waals surface area contributed by atoms with Crippen LogP contribution in [0.2, 0.25) is 0 Å². The van der Waals surface area contributed by atoms with Gasteiger partial charge in [0.25, 0.3) is 0 Å². The highest BCUT2D eigenvalue weighted by atomic mass is 16.5. The maximum atomic E-state index is 8.46. The molecule has 0 aliphatic rings. The molecular weight excluding hydrogens is 274 g/mol. The monoisotopic (exact) mass is 295 g/mol. The van der Waals surface area contributed by atoms with Crippen molar-refractivity contribution in [3.63, 3.8) is 0 Å². The number of nitrogens with zero attached hydrogens (tertiary/aromatic N) is 2. The third-order valence-corrected chi connectivity index (χ3v) is 3.76. The summed E-state index contributed by atoms with van der Waals surface area (Å²) in [5.74, 6) is 0.863. The average Bonchev–Trinajstić information content (AvgIpc) is 2.81. The summed E-state index contributed by atoms with van der Waals surface area (Å²) < 4.78 is 9.84. The molecule has 0 amide bonds. The number of ether oxygens (including phenoxy) is 1. The lowest BCUT2D eigenvalue weighted by atomic mass is 10.3. The van der Waals surface area contributed by atoms with Gasteiger partial charge >= 0.3 is 0 Å². The van der Waals surface area contributed by atoms with Crippen LogP contribution in [0.1, 0.15) is 19.9 Å². The van der Waals surface area contributed by atoms with Gasteiger partial charge in [-0.05, 0) is 38.1 Å². The predicted molar refractivity (Wildman–Crippen MR) is 88.1 cm³/mol. The van der Waals surface area contributed by atoms with Crippen LogP contribution in [0.15, 0.2) is 54.6 Å². The van der Waals surface area contributed by atoms with Crippen molar-refractivity contribution in [2.24, 2.45) is 0 Å². The lowest BCUT2D eigenvalue weighted by Crippen LogP contribution is -2.27. The van der Waals surface area contributed by atoms with Crippen molar-refractivity contribution in [2.45, 2.75) is 26.4 Å². The molecule has 0 aliphatic heterocycles. The van der Waals surface area contributed by atoms with E-state index in [4.69, 9.17) is 10.1 Å². The first kappa shape index (κ1) is 14.4. The summed E-state index contributed by atoms with van der Waals surface area (Å²) in [5.41, 5.74) is 2.70. The molecule has 0 saturated heterocycles. The Balaban J connectivity index is 1.88. The Bertz CT molecular complexity index is 815. The Labute approximate surface area is 130 Å². The second-order valence-corrected chi connectivity index (χ2v) is 5.59. The Hall–Kier alpha value is -2.49. The first-order valence-electron chi connectivity index (χ1n) is 7.60. The van der Waals surface area contributed by atoms with E-state index >= 15 is 0 Å². The van der Waals surface area contributed by atoms with E-state index in [2.05, 4.69) is 30.5 Å². The van der Waals surface area contributed by atoms with E-state index in [1.807, 2.05) is 47.0 Å². The zero-order valence-corrected chi connectivity index (χ0v) is 13.0. The molecule has 1 aromatic heterocycles. The molecule has 0 unspecified atom stereocenters. The molecule has 3 aromatic rings. The SMILES string of the molecule is CC(C)n1c(=N)n(CCOc2ccccc2)c2ccccc21. The van der Waals surface area contributed by atoms with E-state index in [1.54, 1.807) is 0 Å². The molecule has 114 valence electrons. The van der Waals surface area contributed by atoms with Crippen LogP contribution in [0.4, 0.5) is 0 Å². The zero-order valence-electron chi connectivity index (χ0n) is 13.0. The molecule has 0 aliphatic carbocycles. The number of hydrogen-bond donors (Lipinski definition) is 1. The van der Waals surface area contributed by atoms with Crippen LogP contribution in [-0.2, 0) is 6.54 Å². The lowest BCUT2D eigenvalue weighted by Gasteiger charge is -2.09. The maximum Gasteiger partial charge on any atom is 0.203 e. The third-order valence-electron chi connectivity index (χ3n) is 3.76. The number of para-hydroxylation sites is 3. The lowest BCUT2D eigenvalue weighted by molar-refractivity contribution is 0.296. The molecule has 0 radical (unpaired) electrons. The van der Waals surface area contributed by atoms with Crippen LogP contribution in [0, 0.1) is 5.41 Å². The van der Waals surface area contributed by atoms with Crippen molar-refractivity contribution in [2.75, 3.05) is 6.61 Å². The van der Waals surface area contributed by atoms with Crippen LogP contribution in [0.3, 0.4) is 0 Å². The minimum absolute atomic E-state index is 0.258. The quantitative estimate of drug-likeness (QED) is 0.768. The van der Waals surface area contributed by atoms with Crippen molar-refractivity contribution in [1.29, 1.82) is 5.41 Å². The molecule has 1 N–H and O–H groups in total. The molecule has 0 saturated carbocycles. The standard InChI is InChI=1S/C18H21N3O/c1-14(2)21-17-11-7-6-10-16(17)20(18(21)19)12-13-22-15-8-4-3-5-9-15/h3-11,14,19H,12-13H2,1-2H3. The van der Waals surface area contributed by atoms with Crippen molar-refractivity contribution in [1.82, 2.24) is 9.13 Å². The van der Waals surface area contributed by atoms with Gasteiger partial charge in [0.05, 0.1) is 17.6 Å².